The maximum absolute atomic E-state index is 12.0. The lowest BCUT2D eigenvalue weighted by Crippen LogP contribution is -2.35. The van der Waals surface area contributed by atoms with Gasteiger partial charge in [0.05, 0.1) is 18.6 Å². The Hall–Kier alpha value is -2.61. The number of aromatic carboxylic acids is 1. The molecule has 1 amide bonds. The first-order valence-corrected chi connectivity index (χ1v) is 6.25. The fraction of sp³-hybridized carbons (Fsp3) is 0.308. The third-order valence-corrected chi connectivity index (χ3v) is 3.02. The molecular formula is C13H16N4O4. The van der Waals surface area contributed by atoms with Crippen molar-refractivity contribution in [2.45, 2.75) is 6.04 Å². The number of aromatic amines is 1. The highest BCUT2D eigenvalue weighted by molar-refractivity contribution is 6.02. The summed E-state index contributed by atoms with van der Waals surface area (Å²) < 4.78 is 5.33. The minimum Gasteiger partial charge on any atom is -0.477 e. The number of rotatable bonds is 6. The zero-order valence-electron chi connectivity index (χ0n) is 11.7. The van der Waals surface area contributed by atoms with E-state index in [9.17, 15) is 9.59 Å². The van der Waals surface area contributed by atoms with Crippen LogP contribution in [0.25, 0.3) is 0 Å². The van der Waals surface area contributed by atoms with E-state index in [4.69, 9.17) is 9.52 Å². The van der Waals surface area contributed by atoms with Gasteiger partial charge < -0.3 is 19.8 Å². The van der Waals surface area contributed by atoms with Crippen LogP contribution in [0.5, 0.6) is 0 Å². The number of nitrogens with one attached hydrogen (secondary N) is 2. The Morgan fingerprint density at radius 1 is 1.52 bits per heavy atom. The number of carbonyl (C=O) groups is 2. The summed E-state index contributed by atoms with van der Waals surface area (Å²) in [5.41, 5.74) is -0.369. The Labute approximate surface area is 120 Å². The summed E-state index contributed by atoms with van der Waals surface area (Å²) >= 11 is 0. The molecule has 2 heterocycles. The molecular weight excluding hydrogens is 276 g/mol. The Morgan fingerprint density at radius 2 is 2.29 bits per heavy atom. The molecule has 0 saturated heterocycles. The second-order valence-electron chi connectivity index (χ2n) is 4.64. The number of furan rings is 1. The molecule has 0 aliphatic carbocycles. The number of hydrogen-bond donors (Lipinski definition) is 3. The van der Waals surface area contributed by atoms with E-state index in [1.54, 1.807) is 12.3 Å². The van der Waals surface area contributed by atoms with E-state index in [0.717, 1.165) is 0 Å². The number of aromatic nitrogens is 2. The summed E-state index contributed by atoms with van der Waals surface area (Å²) in [5.74, 6) is -1.07. The van der Waals surface area contributed by atoms with Crippen LogP contribution in [0.4, 0.5) is 0 Å². The van der Waals surface area contributed by atoms with Crippen LogP contribution in [0.2, 0.25) is 0 Å². The summed E-state index contributed by atoms with van der Waals surface area (Å²) in [6, 6.07) is 3.42. The minimum absolute atomic E-state index is 0.139. The maximum atomic E-state index is 12.0. The molecule has 2 aromatic heterocycles. The van der Waals surface area contributed by atoms with Gasteiger partial charge in [0.2, 0.25) is 0 Å². The van der Waals surface area contributed by atoms with Gasteiger partial charge in [0.1, 0.15) is 5.76 Å². The van der Waals surface area contributed by atoms with Gasteiger partial charge in [-0.05, 0) is 26.2 Å². The van der Waals surface area contributed by atoms with E-state index in [-0.39, 0.29) is 24.0 Å². The van der Waals surface area contributed by atoms with E-state index in [0.29, 0.717) is 5.76 Å². The highest BCUT2D eigenvalue weighted by atomic mass is 16.4. The molecule has 0 aliphatic rings. The predicted molar refractivity (Wildman–Crippen MR) is 73.0 cm³/mol. The van der Waals surface area contributed by atoms with Crippen molar-refractivity contribution >= 4 is 11.9 Å². The zero-order chi connectivity index (χ0) is 15.4. The average Bonchev–Trinajstić information content (AvgIpc) is 3.09. The summed E-state index contributed by atoms with van der Waals surface area (Å²) in [6.07, 6.45) is 2.73. The average molecular weight is 292 g/mol. The molecule has 0 spiro atoms. The van der Waals surface area contributed by atoms with Crippen molar-refractivity contribution in [3.63, 3.8) is 0 Å². The Morgan fingerprint density at radius 3 is 2.86 bits per heavy atom. The molecule has 8 nitrogen and oxygen atoms in total. The van der Waals surface area contributed by atoms with E-state index in [1.165, 1.54) is 6.33 Å². The van der Waals surface area contributed by atoms with Gasteiger partial charge in [0.15, 0.2) is 11.4 Å². The third kappa shape index (κ3) is 3.29. The second-order valence-corrected chi connectivity index (χ2v) is 4.64. The quantitative estimate of drug-likeness (QED) is 0.724. The lowest BCUT2D eigenvalue weighted by molar-refractivity contribution is 0.0684. The van der Waals surface area contributed by atoms with Crippen molar-refractivity contribution in [1.82, 2.24) is 20.2 Å². The van der Waals surface area contributed by atoms with Gasteiger partial charge in [-0.1, -0.05) is 0 Å². The summed E-state index contributed by atoms with van der Waals surface area (Å²) in [4.78, 5) is 31.0. The van der Waals surface area contributed by atoms with E-state index < -0.39 is 11.9 Å². The Kier molecular flexibility index (Phi) is 4.39. The van der Waals surface area contributed by atoms with Gasteiger partial charge in [0.25, 0.3) is 5.91 Å². The van der Waals surface area contributed by atoms with E-state index in [1.807, 2.05) is 25.1 Å². The number of H-pyrrole nitrogens is 1. The largest absolute Gasteiger partial charge is 0.477 e. The number of imidazole rings is 1. The lowest BCUT2D eigenvalue weighted by atomic mass is 10.2. The number of carboxylic acids is 1. The van der Waals surface area contributed by atoms with Crippen LogP contribution in [0.3, 0.4) is 0 Å². The molecule has 3 N–H and O–H groups in total. The molecule has 0 aromatic carbocycles. The van der Waals surface area contributed by atoms with Crippen molar-refractivity contribution < 1.29 is 19.1 Å². The number of carboxylic acid groups (broad SMARTS) is 1. The molecule has 0 aliphatic heterocycles. The predicted octanol–water partition coefficient (Wildman–Crippen LogP) is 0.734. The Bertz CT molecular complexity index is 618. The van der Waals surface area contributed by atoms with Gasteiger partial charge in [-0.15, -0.1) is 0 Å². The van der Waals surface area contributed by atoms with Crippen molar-refractivity contribution in [3.8, 4) is 0 Å². The highest BCUT2D eigenvalue weighted by Crippen LogP contribution is 2.17. The zero-order valence-corrected chi connectivity index (χ0v) is 11.7. The number of likely N-dealkylation sites (N-methyl/N-ethyl adjacent to an activating group) is 1. The van der Waals surface area contributed by atoms with Crippen LogP contribution in [0, 0.1) is 0 Å². The van der Waals surface area contributed by atoms with Crippen LogP contribution in [-0.2, 0) is 0 Å². The fourth-order valence-corrected chi connectivity index (χ4v) is 1.92. The van der Waals surface area contributed by atoms with Crippen LogP contribution in [-0.4, -0.2) is 52.5 Å². The van der Waals surface area contributed by atoms with Gasteiger partial charge >= 0.3 is 5.97 Å². The molecule has 0 radical (unpaired) electrons. The van der Waals surface area contributed by atoms with E-state index in [2.05, 4.69) is 15.3 Å². The first-order valence-electron chi connectivity index (χ1n) is 6.25. The molecule has 0 saturated carbocycles. The van der Waals surface area contributed by atoms with Crippen molar-refractivity contribution in [2.24, 2.45) is 0 Å². The number of carbonyl (C=O) groups excluding carboxylic acids is 1. The molecule has 2 aromatic rings. The summed E-state index contributed by atoms with van der Waals surface area (Å²) in [6.45, 7) is 0.269. The molecule has 21 heavy (non-hydrogen) atoms. The molecule has 0 unspecified atom stereocenters. The summed E-state index contributed by atoms with van der Waals surface area (Å²) in [5, 5.41) is 11.6. The topological polar surface area (TPSA) is 111 Å². The molecule has 112 valence electrons. The highest BCUT2D eigenvalue weighted by Gasteiger charge is 2.22. The van der Waals surface area contributed by atoms with Crippen LogP contribution in [0.15, 0.2) is 29.1 Å². The molecule has 2 rings (SSSR count). The van der Waals surface area contributed by atoms with Crippen molar-refractivity contribution in [3.05, 3.63) is 41.9 Å². The number of hydrogen-bond acceptors (Lipinski definition) is 5. The maximum Gasteiger partial charge on any atom is 0.354 e. The molecule has 1 atom stereocenters. The number of amides is 1. The second kappa shape index (κ2) is 6.23. The van der Waals surface area contributed by atoms with Gasteiger partial charge in [-0.2, -0.15) is 0 Å². The normalized spacial score (nSPS) is 12.3. The summed E-state index contributed by atoms with van der Waals surface area (Å²) in [7, 11) is 3.72. The minimum atomic E-state index is -1.23. The van der Waals surface area contributed by atoms with Gasteiger partial charge in [-0.3, -0.25) is 9.69 Å². The first kappa shape index (κ1) is 14.8. The van der Waals surface area contributed by atoms with Crippen molar-refractivity contribution in [1.29, 1.82) is 0 Å². The van der Waals surface area contributed by atoms with Crippen LogP contribution >= 0.6 is 0 Å². The molecule has 0 bridgehead atoms. The third-order valence-electron chi connectivity index (χ3n) is 3.02. The first-order chi connectivity index (χ1) is 10.0. The molecule has 0 fully saturated rings. The lowest BCUT2D eigenvalue weighted by Gasteiger charge is -2.22. The van der Waals surface area contributed by atoms with Gasteiger partial charge in [0, 0.05) is 6.54 Å². The Balaban J connectivity index is 2.06. The van der Waals surface area contributed by atoms with Crippen LogP contribution < -0.4 is 5.32 Å². The SMILES string of the molecule is CN(C)[C@@H](CNC(=O)c1nc[nH]c1C(=O)O)c1ccco1. The standard InChI is InChI=1S/C13H16N4O4/c1-17(2)8(9-4-3-5-21-9)6-14-12(18)10-11(13(19)20)16-7-15-10/h3-5,7-8H,6H2,1-2H3,(H,14,18)(H,15,16)(H,19,20)/t8-/m0/s1. The smallest absolute Gasteiger partial charge is 0.354 e. The monoisotopic (exact) mass is 292 g/mol. The van der Waals surface area contributed by atoms with E-state index >= 15 is 0 Å². The van der Waals surface area contributed by atoms with Gasteiger partial charge in [-0.25, -0.2) is 9.78 Å². The fourth-order valence-electron chi connectivity index (χ4n) is 1.92. The van der Waals surface area contributed by atoms with Crippen LogP contribution in [0.1, 0.15) is 32.8 Å². The van der Waals surface area contributed by atoms with Crippen molar-refractivity contribution in [2.75, 3.05) is 20.6 Å². The number of nitrogens with zero attached hydrogens (tertiary/aromatic N) is 2. The molecule has 8 heteroatoms.